The molecule has 6 heteroatoms. The molecule has 5 nitrogen and oxygen atoms in total. The number of rotatable bonds is 4. The van der Waals surface area contributed by atoms with Crippen LogP contribution in [0.4, 0.5) is 4.39 Å². The van der Waals surface area contributed by atoms with Crippen LogP contribution in [0.3, 0.4) is 0 Å². The number of aromatic nitrogens is 2. The van der Waals surface area contributed by atoms with Crippen LogP contribution in [0.2, 0.25) is 0 Å². The first-order valence-corrected chi connectivity index (χ1v) is 5.85. The largest absolute Gasteiger partial charge is 0.281 e. The van der Waals surface area contributed by atoms with Crippen molar-refractivity contribution in [2.24, 2.45) is 0 Å². The Morgan fingerprint density at radius 2 is 2.16 bits per heavy atom. The van der Waals surface area contributed by atoms with Crippen molar-refractivity contribution in [2.75, 3.05) is 7.05 Å². The number of hydrogen-bond donors (Lipinski definition) is 1. The van der Waals surface area contributed by atoms with Gasteiger partial charge in [-0.2, -0.15) is 5.10 Å². The van der Waals surface area contributed by atoms with Crippen LogP contribution < -0.4 is 5.43 Å². The Bertz CT molecular complexity index is 582. The first-order chi connectivity index (χ1) is 9.08. The van der Waals surface area contributed by atoms with Crippen LogP contribution in [-0.2, 0) is 11.3 Å². The van der Waals surface area contributed by atoms with Crippen molar-refractivity contribution < 1.29 is 9.18 Å². The van der Waals surface area contributed by atoms with E-state index < -0.39 is 0 Å². The van der Waals surface area contributed by atoms with Gasteiger partial charge < -0.3 is 0 Å². The highest BCUT2D eigenvalue weighted by Gasteiger charge is 2.07. The van der Waals surface area contributed by atoms with E-state index in [9.17, 15) is 9.18 Å². The molecular weight excluding hydrogens is 247 g/mol. The molecule has 0 unspecified atom stereocenters. The number of nitrogens with zero attached hydrogens (tertiary/aromatic N) is 3. The summed E-state index contributed by atoms with van der Waals surface area (Å²) in [4.78, 5) is 11.0. The molecule has 1 aromatic heterocycles. The van der Waals surface area contributed by atoms with E-state index in [0.717, 1.165) is 5.69 Å². The van der Waals surface area contributed by atoms with E-state index in [-0.39, 0.29) is 11.7 Å². The van der Waals surface area contributed by atoms with Gasteiger partial charge in [0.1, 0.15) is 11.5 Å². The number of benzene rings is 1. The number of amides is 1. The number of para-hydroxylation sites is 1. The van der Waals surface area contributed by atoms with Crippen molar-refractivity contribution in [3.8, 4) is 5.69 Å². The minimum Gasteiger partial charge on any atom is -0.281 e. The molecule has 0 spiro atoms. The summed E-state index contributed by atoms with van der Waals surface area (Å²) >= 11 is 0. The molecule has 1 N–H and O–H groups in total. The van der Waals surface area contributed by atoms with Gasteiger partial charge in [0.15, 0.2) is 0 Å². The molecule has 0 bridgehead atoms. The maximum atomic E-state index is 13.6. The molecule has 0 radical (unpaired) electrons. The zero-order valence-electron chi connectivity index (χ0n) is 10.8. The highest BCUT2D eigenvalue weighted by molar-refractivity contribution is 5.72. The molecule has 0 aliphatic heterocycles. The molecule has 2 aromatic rings. The monoisotopic (exact) mass is 262 g/mol. The summed E-state index contributed by atoms with van der Waals surface area (Å²) in [5.41, 5.74) is 4.01. The fourth-order valence-electron chi connectivity index (χ4n) is 1.54. The molecule has 100 valence electrons. The molecule has 0 saturated heterocycles. The van der Waals surface area contributed by atoms with Gasteiger partial charge in [0, 0.05) is 20.2 Å². The average molecular weight is 262 g/mol. The lowest BCUT2D eigenvalue weighted by Crippen LogP contribution is -2.37. The highest BCUT2D eigenvalue weighted by atomic mass is 19.1. The molecule has 0 fully saturated rings. The van der Waals surface area contributed by atoms with Crippen LogP contribution in [0.25, 0.3) is 5.69 Å². The lowest BCUT2D eigenvalue weighted by atomic mass is 10.3. The number of carbonyl (C=O) groups excluding carboxylic acids is 1. The third kappa shape index (κ3) is 3.17. The Morgan fingerprint density at radius 1 is 1.42 bits per heavy atom. The van der Waals surface area contributed by atoms with E-state index in [1.54, 1.807) is 37.5 Å². The zero-order chi connectivity index (χ0) is 13.8. The Morgan fingerprint density at radius 3 is 2.84 bits per heavy atom. The predicted octanol–water partition coefficient (Wildman–Crippen LogP) is 1.49. The summed E-state index contributed by atoms with van der Waals surface area (Å²) < 4.78 is 15.0. The van der Waals surface area contributed by atoms with E-state index in [1.807, 2.05) is 0 Å². The molecule has 1 aromatic carbocycles. The van der Waals surface area contributed by atoms with Crippen LogP contribution in [0.15, 0.2) is 36.5 Å². The molecular formula is C13H15FN4O. The molecule has 0 aliphatic rings. The van der Waals surface area contributed by atoms with Gasteiger partial charge in [-0.1, -0.05) is 12.1 Å². The normalized spacial score (nSPS) is 10.5. The van der Waals surface area contributed by atoms with Crippen LogP contribution in [0.5, 0.6) is 0 Å². The van der Waals surface area contributed by atoms with E-state index >= 15 is 0 Å². The van der Waals surface area contributed by atoms with Gasteiger partial charge in [0.05, 0.1) is 12.2 Å². The minimum absolute atomic E-state index is 0.0893. The van der Waals surface area contributed by atoms with Gasteiger partial charge in [0.2, 0.25) is 5.91 Å². The Balaban J connectivity index is 2.08. The fourth-order valence-corrected chi connectivity index (χ4v) is 1.54. The van der Waals surface area contributed by atoms with Crippen LogP contribution in [-0.4, -0.2) is 27.7 Å². The van der Waals surface area contributed by atoms with E-state index in [2.05, 4.69) is 10.5 Å². The first kappa shape index (κ1) is 13.2. The second-order valence-electron chi connectivity index (χ2n) is 4.12. The molecule has 0 saturated carbocycles. The van der Waals surface area contributed by atoms with Crippen molar-refractivity contribution >= 4 is 5.91 Å². The SMILES string of the molecule is CC(=O)N(C)NCc1ccn(-c2ccccc2F)n1. The maximum Gasteiger partial charge on any atom is 0.233 e. The number of carbonyl (C=O) groups is 1. The second kappa shape index (κ2) is 5.62. The summed E-state index contributed by atoms with van der Waals surface area (Å²) in [5.74, 6) is -0.417. The van der Waals surface area contributed by atoms with Crippen LogP contribution in [0.1, 0.15) is 12.6 Å². The molecule has 1 heterocycles. The van der Waals surface area contributed by atoms with Gasteiger partial charge in [-0.3, -0.25) is 9.80 Å². The molecule has 0 atom stereocenters. The zero-order valence-corrected chi connectivity index (χ0v) is 10.8. The van der Waals surface area contributed by atoms with Crippen molar-refractivity contribution in [1.29, 1.82) is 0 Å². The lowest BCUT2D eigenvalue weighted by molar-refractivity contribution is -0.130. The summed E-state index contributed by atoms with van der Waals surface area (Å²) in [6.45, 7) is 1.86. The van der Waals surface area contributed by atoms with Gasteiger partial charge in [-0.25, -0.2) is 14.5 Å². The highest BCUT2D eigenvalue weighted by Crippen LogP contribution is 2.11. The van der Waals surface area contributed by atoms with Crippen molar-refractivity contribution in [2.45, 2.75) is 13.5 Å². The third-order valence-corrected chi connectivity index (χ3v) is 2.71. The number of halogens is 1. The van der Waals surface area contributed by atoms with E-state index in [4.69, 9.17) is 0 Å². The lowest BCUT2D eigenvalue weighted by Gasteiger charge is -2.14. The summed E-state index contributed by atoms with van der Waals surface area (Å²) in [7, 11) is 1.64. The Hall–Kier alpha value is -2.21. The van der Waals surface area contributed by atoms with Gasteiger partial charge in [0.25, 0.3) is 0 Å². The second-order valence-corrected chi connectivity index (χ2v) is 4.12. The van der Waals surface area contributed by atoms with E-state index in [0.29, 0.717) is 12.2 Å². The van der Waals surface area contributed by atoms with Crippen LogP contribution >= 0.6 is 0 Å². The standard InChI is InChI=1S/C13H15FN4O/c1-10(19)17(2)15-9-11-7-8-18(16-11)13-6-4-3-5-12(13)14/h3-8,15H,9H2,1-2H3. The van der Waals surface area contributed by atoms with Crippen molar-refractivity contribution in [3.63, 3.8) is 0 Å². The van der Waals surface area contributed by atoms with Crippen molar-refractivity contribution in [3.05, 3.63) is 48.0 Å². The first-order valence-electron chi connectivity index (χ1n) is 5.85. The van der Waals surface area contributed by atoms with Crippen LogP contribution in [0, 0.1) is 5.82 Å². The third-order valence-electron chi connectivity index (χ3n) is 2.71. The van der Waals surface area contributed by atoms with Gasteiger partial charge in [-0.15, -0.1) is 0 Å². The maximum absolute atomic E-state index is 13.6. The quantitative estimate of drug-likeness (QED) is 0.849. The summed E-state index contributed by atoms with van der Waals surface area (Å²) in [6.07, 6.45) is 1.68. The van der Waals surface area contributed by atoms with Gasteiger partial charge in [-0.05, 0) is 18.2 Å². The Labute approximate surface area is 110 Å². The Kier molecular flexibility index (Phi) is 3.91. The summed E-state index contributed by atoms with van der Waals surface area (Å²) in [5, 5.41) is 5.63. The summed E-state index contributed by atoms with van der Waals surface area (Å²) in [6, 6.07) is 8.20. The molecule has 2 rings (SSSR count). The fraction of sp³-hybridized carbons (Fsp3) is 0.231. The average Bonchev–Trinajstić information content (AvgIpc) is 2.85. The van der Waals surface area contributed by atoms with Gasteiger partial charge >= 0.3 is 0 Å². The smallest absolute Gasteiger partial charge is 0.233 e. The number of hydrazine groups is 1. The number of hydrogen-bond acceptors (Lipinski definition) is 3. The molecule has 1 amide bonds. The minimum atomic E-state index is -0.328. The van der Waals surface area contributed by atoms with E-state index in [1.165, 1.54) is 22.7 Å². The van der Waals surface area contributed by atoms with Crippen molar-refractivity contribution in [1.82, 2.24) is 20.2 Å². The topological polar surface area (TPSA) is 50.2 Å². The molecule has 19 heavy (non-hydrogen) atoms. The molecule has 0 aliphatic carbocycles. The number of nitrogens with one attached hydrogen (secondary N) is 1. The predicted molar refractivity (Wildman–Crippen MR) is 68.8 cm³/mol.